The Labute approximate surface area is 203 Å². The molecule has 0 saturated heterocycles. The lowest BCUT2D eigenvalue weighted by Crippen LogP contribution is -2.45. The van der Waals surface area contributed by atoms with Gasteiger partial charge in [0.15, 0.2) is 0 Å². The maximum atomic E-state index is 14.6. The third-order valence-electron chi connectivity index (χ3n) is 7.48. The highest BCUT2D eigenvalue weighted by atomic mass is 35.5. The second kappa shape index (κ2) is 10.7. The van der Waals surface area contributed by atoms with E-state index in [0.29, 0.717) is 28.7 Å². The third kappa shape index (κ3) is 5.39. The lowest BCUT2D eigenvalue weighted by atomic mass is 9.63. The Kier molecular flexibility index (Phi) is 7.98. The number of aliphatic hydroxyl groups is 1. The predicted octanol–water partition coefficient (Wildman–Crippen LogP) is 6.90. The van der Waals surface area contributed by atoms with Gasteiger partial charge in [0.2, 0.25) is 0 Å². The molecule has 2 aliphatic rings. The van der Waals surface area contributed by atoms with Crippen LogP contribution in [-0.4, -0.2) is 30.5 Å². The number of esters is 1. The van der Waals surface area contributed by atoms with Crippen LogP contribution in [0.25, 0.3) is 0 Å². The smallest absolute Gasteiger partial charge is 0.348 e. The van der Waals surface area contributed by atoms with Gasteiger partial charge in [-0.1, -0.05) is 30.2 Å². The van der Waals surface area contributed by atoms with Gasteiger partial charge in [0.05, 0.1) is 23.7 Å². The molecule has 4 atom stereocenters. The molecule has 2 unspecified atom stereocenters. The Balaban J connectivity index is 1.29. The van der Waals surface area contributed by atoms with E-state index in [9.17, 15) is 14.3 Å². The fraction of sp³-hybridized carbons (Fsp3) is 0.577. The number of halogens is 2. The van der Waals surface area contributed by atoms with E-state index in [4.69, 9.17) is 20.8 Å². The van der Waals surface area contributed by atoms with Crippen molar-refractivity contribution in [3.05, 3.63) is 57.2 Å². The Hall–Kier alpha value is -1.63. The van der Waals surface area contributed by atoms with Crippen molar-refractivity contribution in [2.45, 2.75) is 75.5 Å². The van der Waals surface area contributed by atoms with E-state index in [2.05, 4.69) is 0 Å². The number of ether oxygens (including phenoxy) is 1. The fourth-order valence-electron chi connectivity index (χ4n) is 5.39. The monoisotopic (exact) mass is 494 g/mol. The average Bonchev–Trinajstić information content (AvgIpc) is 3.49. The van der Waals surface area contributed by atoms with Crippen LogP contribution in [0, 0.1) is 11.8 Å². The third-order valence-corrected chi connectivity index (χ3v) is 8.80. The lowest BCUT2D eigenvalue weighted by Gasteiger charge is -2.43. The lowest BCUT2D eigenvalue weighted by molar-refractivity contribution is 0.0159. The summed E-state index contributed by atoms with van der Waals surface area (Å²) in [5.41, 5.74) is -0.370. The molecule has 2 aliphatic carbocycles. The summed E-state index contributed by atoms with van der Waals surface area (Å²) in [4.78, 5) is 13.4. The first-order valence-corrected chi connectivity index (χ1v) is 13.0. The van der Waals surface area contributed by atoms with Crippen LogP contribution in [0.5, 0.6) is 0 Å². The molecular weight excluding hydrogens is 463 g/mol. The molecule has 2 aromatic rings. The molecule has 7 heteroatoms. The summed E-state index contributed by atoms with van der Waals surface area (Å²) in [7, 11) is 1.39. The van der Waals surface area contributed by atoms with Crippen molar-refractivity contribution >= 4 is 28.9 Å². The highest BCUT2D eigenvalue weighted by Gasteiger charge is 2.47. The van der Waals surface area contributed by atoms with Crippen molar-refractivity contribution in [2.24, 2.45) is 11.8 Å². The van der Waals surface area contributed by atoms with Crippen LogP contribution in [0.3, 0.4) is 0 Å². The predicted molar refractivity (Wildman–Crippen MR) is 129 cm³/mol. The second-order valence-electron chi connectivity index (χ2n) is 9.40. The molecule has 0 aliphatic heterocycles. The van der Waals surface area contributed by atoms with Crippen molar-refractivity contribution in [1.29, 1.82) is 0 Å². The molecule has 2 aromatic heterocycles. The molecule has 0 amide bonds. The Morgan fingerprint density at radius 3 is 2.91 bits per heavy atom. The standard InChI is InChI=1S/C26H32ClFO4S/c1-31-25(30)22-12-10-19(33-22)6-2-5-17-9-11-21(28)20(17)7-3-8-23(29)26(13-4-14-26)24-15-18(27)16-32-24/h3,7,10,12,15-17,20-21,23,29H,2,4-6,8-9,11,13-14H2,1H3/b7-3+/t17-,20?,21-,23?/m0/s1. The van der Waals surface area contributed by atoms with Gasteiger partial charge in [0, 0.05) is 10.8 Å². The van der Waals surface area contributed by atoms with Gasteiger partial charge in [-0.25, -0.2) is 9.18 Å². The molecule has 0 spiro atoms. The average molecular weight is 495 g/mol. The number of aryl methyl sites for hydroxylation is 1. The van der Waals surface area contributed by atoms with Crippen LogP contribution in [0.15, 0.2) is 41.0 Å². The minimum atomic E-state index is -0.822. The van der Waals surface area contributed by atoms with Crippen molar-refractivity contribution in [2.75, 3.05) is 7.11 Å². The van der Waals surface area contributed by atoms with Crippen LogP contribution in [0.4, 0.5) is 4.39 Å². The van der Waals surface area contributed by atoms with E-state index >= 15 is 0 Å². The van der Waals surface area contributed by atoms with Crippen molar-refractivity contribution in [3.8, 4) is 0 Å². The van der Waals surface area contributed by atoms with E-state index in [-0.39, 0.29) is 17.3 Å². The molecular formula is C26H32ClFO4S. The number of carbonyl (C=O) groups excluding carboxylic acids is 1. The first kappa shape index (κ1) is 24.5. The van der Waals surface area contributed by atoms with Crippen molar-refractivity contribution in [1.82, 2.24) is 0 Å². The highest BCUT2D eigenvalue weighted by molar-refractivity contribution is 7.13. The number of methoxy groups -OCH3 is 1. The zero-order chi connectivity index (χ0) is 23.4. The number of allylic oxidation sites excluding steroid dienone is 1. The van der Waals surface area contributed by atoms with Crippen LogP contribution in [0.1, 0.15) is 71.7 Å². The minimum Gasteiger partial charge on any atom is -0.467 e. The Morgan fingerprint density at radius 1 is 1.42 bits per heavy atom. The van der Waals surface area contributed by atoms with Crippen LogP contribution >= 0.6 is 22.9 Å². The quantitative estimate of drug-likeness (QED) is 0.288. The fourth-order valence-corrected chi connectivity index (χ4v) is 6.51. The van der Waals surface area contributed by atoms with Gasteiger partial charge in [-0.05, 0) is 75.5 Å². The summed E-state index contributed by atoms with van der Waals surface area (Å²) in [5.74, 6) is 0.677. The van der Waals surface area contributed by atoms with E-state index < -0.39 is 12.3 Å². The van der Waals surface area contributed by atoms with E-state index in [1.165, 1.54) is 24.7 Å². The molecule has 0 radical (unpaired) electrons. The Morgan fingerprint density at radius 2 is 2.24 bits per heavy atom. The highest BCUT2D eigenvalue weighted by Crippen LogP contribution is 2.48. The van der Waals surface area contributed by atoms with Gasteiger partial charge in [-0.15, -0.1) is 11.3 Å². The number of hydrogen-bond acceptors (Lipinski definition) is 5. The molecule has 2 heterocycles. The number of furan rings is 1. The maximum absolute atomic E-state index is 14.6. The molecule has 1 N–H and O–H groups in total. The second-order valence-corrected chi connectivity index (χ2v) is 11.0. The summed E-state index contributed by atoms with van der Waals surface area (Å²) in [6.07, 6.45) is 11.7. The first-order valence-electron chi connectivity index (χ1n) is 11.8. The summed E-state index contributed by atoms with van der Waals surface area (Å²) in [5, 5.41) is 11.5. The summed E-state index contributed by atoms with van der Waals surface area (Å²) < 4.78 is 25.0. The van der Waals surface area contributed by atoms with Crippen LogP contribution < -0.4 is 0 Å². The summed E-state index contributed by atoms with van der Waals surface area (Å²) in [6, 6.07) is 5.59. The number of rotatable bonds is 10. The first-order chi connectivity index (χ1) is 15.9. The topological polar surface area (TPSA) is 59.7 Å². The normalized spacial score (nSPS) is 25.3. The van der Waals surface area contributed by atoms with E-state index in [1.807, 2.05) is 18.2 Å². The van der Waals surface area contributed by atoms with Gasteiger partial charge in [0.1, 0.15) is 23.1 Å². The molecule has 0 bridgehead atoms. The molecule has 33 heavy (non-hydrogen) atoms. The number of alkyl halides is 1. The van der Waals surface area contributed by atoms with Gasteiger partial charge < -0.3 is 14.3 Å². The van der Waals surface area contributed by atoms with E-state index in [0.717, 1.165) is 55.6 Å². The minimum absolute atomic E-state index is 0.0958. The van der Waals surface area contributed by atoms with Gasteiger partial charge >= 0.3 is 5.97 Å². The zero-order valence-electron chi connectivity index (χ0n) is 19.0. The molecule has 180 valence electrons. The van der Waals surface area contributed by atoms with Gasteiger partial charge in [-0.2, -0.15) is 0 Å². The number of carbonyl (C=O) groups is 1. The Bertz CT molecular complexity index is 963. The van der Waals surface area contributed by atoms with Crippen molar-refractivity contribution in [3.63, 3.8) is 0 Å². The summed E-state index contributed by atoms with van der Waals surface area (Å²) in [6.45, 7) is 0. The molecule has 4 rings (SSSR count). The summed E-state index contributed by atoms with van der Waals surface area (Å²) >= 11 is 7.50. The van der Waals surface area contributed by atoms with Crippen LogP contribution in [-0.2, 0) is 16.6 Å². The SMILES string of the molecule is COC(=O)c1ccc(CCC[C@H]2CC[C@H](F)C2/C=C/CC(O)C2(c3cc(Cl)co3)CCC2)s1. The number of thiophene rings is 1. The molecule has 2 fully saturated rings. The van der Waals surface area contributed by atoms with Crippen LogP contribution in [0.2, 0.25) is 5.02 Å². The molecule has 4 nitrogen and oxygen atoms in total. The maximum Gasteiger partial charge on any atom is 0.348 e. The number of hydrogen-bond donors (Lipinski definition) is 1. The van der Waals surface area contributed by atoms with Gasteiger partial charge in [0.25, 0.3) is 0 Å². The largest absolute Gasteiger partial charge is 0.467 e. The molecule has 0 aromatic carbocycles. The number of aliphatic hydroxyl groups excluding tert-OH is 1. The van der Waals surface area contributed by atoms with Crippen molar-refractivity contribution < 1.29 is 23.4 Å². The zero-order valence-corrected chi connectivity index (χ0v) is 20.5. The van der Waals surface area contributed by atoms with E-state index in [1.54, 1.807) is 12.1 Å². The molecule has 2 saturated carbocycles. The van der Waals surface area contributed by atoms with Gasteiger partial charge in [-0.3, -0.25) is 0 Å².